The van der Waals surface area contributed by atoms with E-state index in [4.69, 9.17) is 26.8 Å². The molecule has 36 heavy (non-hydrogen) atoms. The SMILES string of the molecule is CC(C)C[C@H](C(N)=O)N(Cc1ccc(OCCN2CCOCC2)c(F)c1)S(=O)(=O)c1ccc(Cl)cc1. The zero-order chi connectivity index (χ0) is 26.3. The first-order valence-electron chi connectivity index (χ1n) is 11.9. The molecule has 1 aliphatic rings. The number of sulfonamides is 1. The van der Waals surface area contributed by atoms with Crippen LogP contribution in [0.4, 0.5) is 4.39 Å². The van der Waals surface area contributed by atoms with Crippen molar-refractivity contribution >= 4 is 27.5 Å². The van der Waals surface area contributed by atoms with Crippen LogP contribution in [0.25, 0.3) is 0 Å². The van der Waals surface area contributed by atoms with E-state index in [1.807, 2.05) is 13.8 Å². The molecule has 0 aromatic heterocycles. The smallest absolute Gasteiger partial charge is 0.244 e. The average molecular weight is 542 g/mol. The second-order valence-electron chi connectivity index (χ2n) is 9.12. The fourth-order valence-corrected chi connectivity index (χ4v) is 5.70. The fourth-order valence-electron chi connectivity index (χ4n) is 3.98. The van der Waals surface area contributed by atoms with Crippen LogP contribution in [0.3, 0.4) is 0 Å². The quantitative estimate of drug-likeness (QED) is 0.442. The van der Waals surface area contributed by atoms with Crippen LogP contribution < -0.4 is 10.5 Å². The Morgan fingerprint density at radius 1 is 1.19 bits per heavy atom. The van der Waals surface area contributed by atoms with Gasteiger partial charge in [0.25, 0.3) is 0 Å². The summed E-state index contributed by atoms with van der Waals surface area (Å²) in [6.07, 6.45) is 0.216. The van der Waals surface area contributed by atoms with Crippen molar-refractivity contribution in [3.8, 4) is 5.75 Å². The summed E-state index contributed by atoms with van der Waals surface area (Å²) < 4.78 is 53.9. The third-order valence-electron chi connectivity index (χ3n) is 5.89. The molecule has 8 nitrogen and oxygen atoms in total. The monoisotopic (exact) mass is 541 g/mol. The first-order valence-corrected chi connectivity index (χ1v) is 13.7. The van der Waals surface area contributed by atoms with E-state index in [1.165, 1.54) is 36.4 Å². The Morgan fingerprint density at radius 3 is 2.44 bits per heavy atom. The van der Waals surface area contributed by atoms with Crippen molar-refractivity contribution in [1.29, 1.82) is 0 Å². The maximum absolute atomic E-state index is 14.9. The molecule has 3 rings (SSSR count). The van der Waals surface area contributed by atoms with Crippen molar-refractivity contribution < 1.29 is 27.1 Å². The van der Waals surface area contributed by atoms with Crippen molar-refractivity contribution in [3.05, 3.63) is 58.9 Å². The lowest BCUT2D eigenvalue weighted by Gasteiger charge is -2.30. The van der Waals surface area contributed by atoms with E-state index >= 15 is 0 Å². The molecule has 2 aromatic rings. The van der Waals surface area contributed by atoms with E-state index < -0.39 is 27.8 Å². The molecule has 2 aromatic carbocycles. The predicted octanol–water partition coefficient (Wildman–Crippen LogP) is 3.28. The lowest BCUT2D eigenvalue weighted by molar-refractivity contribution is -0.122. The molecule has 1 aliphatic heterocycles. The molecule has 0 unspecified atom stereocenters. The summed E-state index contributed by atoms with van der Waals surface area (Å²) in [5.74, 6) is -1.32. The summed E-state index contributed by atoms with van der Waals surface area (Å²) in [5.41, 5.74) is 6.00. The number of nitrogens with zero attached hydrogens (tertiary/aromatic N) is 2. The number of carbonyl (C=O) groups excluding carboxylic acids is 1. The number of hydrogen-bond donors (Lipinski definition) is 1. The van der Waals surface area contributed by atoms with Crippen LogP contribution in [0.5, 0.6) is 5.75 Å². The molecule has 0 saturated carbocycles. The lowest BCUT2D eigenvalue weighted by atomic mass is 10.0. The van der Waals surface area contributed by atoms with Crippen LogP contribution in [0.15, 0.2) is 47.4 Å². The highest BCUT2D eigenvalue weighted by molar-refractivity contribution is 7.89. The van der Waals surface area contributed by atoms with Crippen molar-refractivity contribution in [3.63, 3.8) is 0 Å². The number of morpholine rings is 1. The number of rotatable bonds is 12. The molecule has 1 atom stereocenters. The number of hydrogen-bond acceptors (Lipinski definition) is 6. The van der Waals surface area contributed by atoms with Crippen LogP contribution in [-0.4, -0.2) is 69.0 Å². The van der Waals surface area contributed by atoms with E-state index in [2.05, 4.69) is 4.90 Å². The van der Waals surface area contributed by atoms with Gasteiger partial charge in [0, 0.05) is 31.2 Å². The van der Waals surface area contributed by atoms with Gasteiger partial charge in [0.05, 0.1) is 18.1 Å². The molecule has 1 fully saturated rings. The summed E-state index contributed by atoms with van der Waals surface area (Å²) in [4.78, 5) is 14.5. The van der Waals surface area contributed by atoms with E-state index in [0.717, 1.165) is 17.4 Å². The number of benzene rings is 2. The van der Waals surface area contributed by atoms with Gasteiger partial charge in [0.2, 0.25) is 15.9 Å². The predicted molar refractivity (Wildman–Crippen MR) is 136 cm³/mol. The van der Waals surface area contributed by atoms with Crippen molar-refractivity contribution in [2.75, 3.05) is 39.5 Å². The molecule has 1 amide bonds. The van der Waals surface area contributed by atoms with Crippen LogP contribution in [0, 0.1) is 11.7 Å². The molecule has 198 valence electrons. The molecule has 0 spiro atoms. The molecule has 1 saturated heterocycles. The van der Waals surface area contributed by atoms with Gasteiger partial charge in [-0.3, -0.25) is 9.69 Å². The van der Waals surface area contributed by atoms with Gasteiger partial charge in [0.15, 0.2) is 11.6 Å². The van der Waals surface area contributed by atoms with Gasteiger partial charge in [-0.25, -0.2) is 12.8 Å². The topological polar surface area (TPSA) is 102 Å². The fraction of sp³-hybridized carbons (Fsp3) is 0.480. The standard InChI is InChI=1S/C25H33ClFN3O5S/c1-18(2)15-23(25(28)31)30(36(32,33)21-6-4-20(26)5-7-21)17-19-3-8-24(22(27)16-19)35-14-11-29-9-12-34-13-10-29/h3-8,16,18,23H,9-15,17H2,1-2H3,(H2,28,31)/t23-/m1/s1. The minimum absolute atomic E-state index is 0.00982. The molecule has 0 radical (unpaired) electrons. The molecular formula is C25H33ClFN3O5S. The first-order chi connectivity index (χ1) is 17.1. The summed E-state index contributed by atoms with van der Waals surface area (Å²) in [5, 5.41) is 0.375. The second kappa shape index (κ2) is 12.8. The van der Waals surface area contributed by atoms with Gasteiger partial charge in [0.1, 0.15) is 12.6 Å². The van der Waals surface area contributed by atoms with Crippen molar-refractivity contribution in [2.45, 2.75) is 37.8 Å². The second-order valence-corrected chi connectivity index (χ2v) is 11.4. The third kappa shape index (κ3) is 7.63. The summed E-state index contributed by atoms with van der Waals surface area (Å²) in [7, 11) is -4.15. The third-order valence-corrected chi connectivity index (χ3v) is 8.02. The number of ether oxygens (including phenoxy) is 2. The van der Waals surface area contributed by atoms with Crippen LogP contribution in [-0.2, 0) is 26.1 Å². The minimum Gasteiger partial charge on any atom is -0.489 e. The summed E-state index contributed by atoms with van der Waals surface area (Å²) in [6, 6.07) is 8.81. The molecule has 0 aliphatic carbocycles. The summed E-state index contributed by atoms with van der Waals surface area (Å²) >= 11 is 5.92. The van der Waals surface area contributed by atoms with Crippen LogP contribution >= 0.6 is 11.6 Å². The van der Waals surface area contributed by atoms with E-state index in [0.29, 0.717) is 37.0 Å². The average Bonchev–Trinajstić information content (AvgIpc) is 2.83. The number of carbonyl (C=O) groups is 1. The van der Waals surface area contributed by atoms with Crippen LogP contribution in [0.1, 0.15) is 25.8 Å². The highest BCUT2D eigenvalue weighted by Gasteiger charge is 2.35. The Labute approximate surface area is 217 Å². The molecule has 0 bridgehead atoms. The van der Waals surface area contributed by atoms with E-state index in [-0.39, 0.29) is 29.5 Å². The Bertz CT molecular complexity index is 1130. The van der Waals surface area contributed by atoms with Gasteiger partial charge in [-0.2, -0.15) is 4.31 Å². The number of amides is 1. The molecule has 1 heterocycles. The molecular weight excluding hydrogens is 509 g/mol. The first kappa shape index (κ1) is 28.3. The Balaban J connectivity index is 1.81. The normalized spacial score (nSPS) is 15.8. The van der Waals surface area contributed by atoms with Gasteiger partial charge in [-0.05, 0) is 54.3 Å². The van der Waals surface area contributed by atoms with E-state index in [1.54, 1.807) is 6.07 Å². The Kier molecular flexibility index (Phi) is 10.1. The Hall–Kier alpha value is -2.24. The van der Waals surface area contributed by atoms with Crippen molar-refractivity contribution in [1.82, 2.24) is 9.21 Å². The van der Waals surface area contributed by atoms with E-state index in [9.17, 15) is 17.6 Å². The Morgan fingerprint density at radius 2 is 1.86 bits per heavy atom. The number of primary amides is 1. The maximum atomic E-state index is 14.9. The number of nitrogens with two attached hydrogens (primary N) is 1. The van der Waals surface area contributed by atoms with Gasteiger partial charge >= 0.3 is 0 Å². The minimum atomic E-state index is -4.15. The molecule has 2 N–H and O–H groups in total. The molecule has 11 heteroatoms. The summed E-state index contributed by atoms with van der Waals surface area (Å²) in [6.45, 7) is 7.40. The van der Waals surface area contributed by atoms with Gasteiger partial charge < -0.3 is 15.2 Å². The van der Waals surface area contributed by atoms with Gasteiger partial charge in [-0.15, -0.1) is 0 Å². The highest BCUT2D eigenvalue weighted by Crippen LogP contribution is 2.27. The van der Waals surface area contributed by atoms with Gasteiger partial charge in [-0.1, -0.05) is 31.5 Å². The highest BCUT2D eigenvalue weighted by atomic mass is 35.5. The largest absolute Gasteiger partial charge is 0.489 e. The maximum Gasteiger partial charge on any atom is 0.244 e. The van der Waals surface area contributed by atoms with Crippen molar-refractivity contribution in [2.24, 2.45) is 11.7 Å². The zero-order valence-corrected chi connectivity index (χ0v) is 22.1. The lowest BCUT2D eigenvalue weighted by Crippen LogP contribution is -2.48. The zero-order valence-electron chi connectivity index (χ0n) is 20.5. The van der Waals surface area contributed by atoms with Crippen LogP contribution in [0.2, 0.25) is 5.02 Å². The number of halogens is 2.